The fourth-order valence-electron chi connectivity index (χ4n) is 5.49. The Kier molecular flexibility index (Phi) is 23.4. The Labute approximate surface area is 363 Å². The minimum Gasteiger partial charge on any atom is -0.493 e. The van der Waals surface area contributed by atoms with Gasteiger partial charge in [-0.05, 0) is 75.4 Å². The maximum atomic E-state index is 13.0. The zero-order valence-electron chi connectivity index (χ0n) is 35.9. The number of rotatable bonds is 32. The number of aliphatic carboxylic acids is 1. The van der Waals surface area contributed by atoms with Gasteiger partial charge in [-0.25, -0.2) is 27.9 Å². The number of carboxylic acids is 1. The molecule has 2 amide bonds. The summed E-state index contributed by atoms with van der Waals surface area (Å²) in [6.45, 7) is 7.05. The van der Waals surface area contributed by atoms with E-state index in [4.69, 9.17) is 33.5 Å². The summed E-state index contributed by atoms with van der Waals surface area (Å²) in [6.07, 6.45) is 9.76. The number of nitrogens with zero attached hydrogens (tertiary/aromatic N) is 2. The predicted octanol–water partition coefficient (Wildman–Crippen LogP) is 4.12. The molecule has 3 aromatic rings. The van der Waals surface area contributed by atoms with Crippen molar-refractivity contribution in [2.24, 2.45) is 0 Å². The number of nitrogens with one attached hydrogen (secondary N) is 3. The predicted molar refractivity (Wildman–Crippen MR) is 228 cm³/mol. The van der Waals surface area contributed by atoms with Crippen molar-refractivity contribution < 1.29 is 61.1 Å². The highest BCUT2D eigenvalue weighted by Crippen LogP contribution is 2.19. The number of hydrogen-bond donors (Lipinski definition) is 4. The number of sulfonamides is 1. The largest absolute Gasteiger partial charge is 0.493 e. The van der Waals surface area contributed by atoms with E-state index in [0.717, 1.165) is 44.1 Å². The van der Waals surface area contributed by atoms with Crippen molar-refractivity contribution >= 4 is 39.7 Å². The summed E-state index contributed by atoms with van der Waals surface area (Å²) < 4.78 is 60.1. The molecule has 342 valence electrons. The normalized spacial score (nSPS) is 11.5. The number of aryl methyl sites for hydroxylation is 1. The molecule has 4 N–H and O–H groups in total. The molecule has 1 heterocycles. The number of ether oxygens (including phenoxy) is 6. The SMILES string of the molecule is CC(C)(C)OC(=O)CCCCCCCc1ccc(CCOc2ccc(S(=O)(=O)Nc3ncc(C(=O)NCCOCCOCC(=O)NCCOCCOCC(=O)O)cn3)cc2)cc1. The average molecular weight is 888 g/mol. The van der Waals surface area contributed by atoms with E-state index < -0.39 is 34.1 Å². The molecule has 3 rings (SSSR count). The zero-order chi connectivity index (χ0) is 45.1. The summed E-state index contributed by atoms with van der Waals surface area (Å²) in [5, 5.41) is 13.7. The van der Waals surface area contributed by atoms with Crippen LogP contribution in [0.1, 0.15) is 80.8 Å². The van der Waals surface area contributed by atoms with E-state index in [1.54, 1.807) is 12.1 Å². The van der Waals surface area contributed by atoms with Gasteiger partial charge in [-0.15, -0.1) is 0 Å². The molecule has 0 aliphatic carbocycles. The van der Waals surface area contributed by atoms with Crippen LogP contribution in [0.4, 0.5) is 5.95 Å². The van der Waals surface area contributed by atoms with E-state index >= 15 is 0 Å². The van der Waals surface area contributed by atoms with Gasteiger partial charge in [0.2, 0.25) is 11.9 Å². The fraction of sp³-hybridized carbons (Fsp3) is 0.535. The minimum atomic E-state index is -4.02. The number of benzene rings is 2. The molecule has 0 spiro atoms. The van der Waals surface area contributed by atoms with Crippen molar-refractivity contribution in [2.45, 2.75) is 82.6 Å². The van der Waals surface area contributed by atoms with E-state index in [-0.39, 0.29) is 87.6 Å². The smallest absolute Gasteiger partial charge is 0.329 e. The molecule has 0 fully saturated rings. The summed E-state index contributed by atoms with van der Waals surface area (Å²) in [7, 11) is -4.02. The van der Waals surface area contributed by atoms with Gasteiger partial charge in [0.25, 0.3) is 15.9 Å². The van der Waals surface area contributed by atoms with Crippen LogP contribution in [0.5, 0.6) is 5.75 Å². The monoisotopic (exact) mass is 887 g/mol. The van der Waals surface area contributed by atoms with E-state index in [9.17, 15) is 27.6 Å². The Morgan fingerprint density at radius 3 is 1.85 bits per heavy atom. The fourth-order valence-corrected chi connectivity index (χ4v) is 6.45. The summed E-state index contributed by atoms with van der Waals surface area (Å²) in [5.74, 6) is -1.68. The lowest BCUT2D eigenvalue weighted by atomic mass is 10.0. The number of esters is 1. The molecular formula is C43H61N5O13S. The second kappa shape index (κ2) is 28.4. The lowest BCUT2D eigenvalue weighted by Crippen LogP contribution is -2.31. The third kappa shape index (κ3) is 23.1. The number of unbranched alkanes of at least 4 members (excludes halogenated alkanes) is 4. The van der Waals surface area contributed by atoms with Crippen molar-refractivity contribution in [3.8, 4) is 5.75 Å². The lowest BCUT2D eigenvalue weighted by molar-refractivity contribution is -0.155. The second-order valence-electron chi connectivity index (χ2n) is 15.0. The van der Waals surface area contributed by atoms with E-state index in [1.807, 2.05) is 20.8 Å². The maximum absolute atomic E-state index is 13.0. The third-order valence-electron chi connectivity index (χ3n) is 8.53. The van der Waals surface area contributed by atoms with Crippen LogP contribution in [-0.2, 0) is 60.9 Å². The van der Waals surface area contributed by atoms with Crippen molar-refractivity contribution in [1.29, 1.82) is 0 Å². The summed E-state index contributed by atoms with van der Waals surface area (Å²) in [4.78, 5) is 54.3. The first kappa shape index (κ1) is 51.1. The Bertz CT molecular complexity index is 1890. The van der Waals surface area contributed by atoms with Gasteiger partial charge in [-0.2, -0.15) is 0 Å². The van der Waals surface area contributed by atoms with Crippen molar-refractivity contribution in [3.63, 3.8) is 0 Å². The van der Waals surface area contributed by atoms with Gasteiger partial charge in [0, 0.05) is 38.3 Å². The van der Waals surface area contributed by atoms with Crippen LogP contribution in [0.3, 0.4) is 0 Å². The van der Waals surface area contributed by atoms with Crippen LogP contribution in [0.15, 0.2) is 65.8 Å². The van der Waals surface area contributed by atoms with Crippen LogP contribution in [0, 0.1) is 0 Å². The van der Waals surface area contributed by atoms with Gasteiger partial charge in [0.05, 0.1) is 56.7 Å². The average Bonchev–Trinajstić information content (AvgIpc) is 3.22. The number of hydrogen-bond acceptors (Lipinski definition) is 14. The first-order valence-electron chi connectivity index (χ1n) is 20.7. The van der Waals surface area contributed by atoms with Gasteiger partial charge < -0.3 is 44.2 Å². The molecule has 0 atom stereocenters. The number of anilines is 1. The van der Waals surface area contributed by atoms with Crippen LogP contribution in [-0.4, -0.2) is 125 Å². The van der Waals surface area contributed by atoms with Gasteiger partial charge in [-0.1, -0.05) is 43.5 Å². The number of carboxylic acid groups (broad SMARTS) is 1. The number of amides is 2. The molecule has 1 aromatic heterocycles. The van der Waals surface area contributed by atoms with Crippen molar-refractivity contribution in [2.75, 3.05) is 77.3 Å². The quantitative estimate of drug-likeness (QED) is 0.0510. The molecule has 0 aliphatic heterocycles. The first-order chi connectivity index (χ1) is 29.7. The third-order valence-corrected chi connectivity index (χ3v) is 9.87. The number of aromatic nitrogens is 2. The second-order valence-corrected chi connectivity index (χ2v) is 16.7. The Morgan fingerprint density at radius 2 is 1.23 bits per heavy atom. The highest BCUT2D eigenvalue weighted by molar-refractivity contribution is 7.92. The summed E-state index contributed by atoms with van der Waals surface area (Å²) >= 11 is 0. The van der Waals surface area contributed by atoms with E-state index in [0.29, 0.717) is 25.2 Å². The highest BCUT2D eigenvalue weighted by atomic mass is 32.2. The Morgan fingerprint density at radius 1 is 0.661 bits per heavy atom. The topological polar surface area (TPSA) is 240 Å². The molecule has 62 heavy (non-hydrogen) atoms. The molecular weight excluding hydrogens is 827 g/mol. The zero-order valence-corrected chi connectivity index (χ0v) is 36.7. The lowest BCUT2D eigenvalue weighted by Gasteiger charge is -2.19. The standard InChI is InChI=1S/C43H61N5O13S/c1-43(2,3)61-40(52)10-8-6-4-5-7-9-33-11-13-34(14-12-33)19-22-60-36-15-17-37(18-16-36)62(54,55)48-42-46-29-35(30-47-42)41(53)45-21-24-57-25-27-58-31-38(49)44-20-23-56-26-28-59-32-39(50)51/h11-18,29-30H,4-10,19-28,31-32H2,1-3H3,(H,44,49)(H,45,53)(H,50,51)(H,46,47,48). The van der Waals surface area contributed by atoms with Crippen LogP contribution in [0.25, 0.3) is 0 Å². The maximum Gasteiger partial charge on any atom is 0.329 e. The molecule has 0 aliphatic rings. The molecule has 19 heteroatoms. The first-order valence-corrected chi connectivity index (χ1v) is 22.1. The molecule has 2 aromatic carbocycles. The van der Waals surface area contributed by atoms with Gasteiger partial charge in [-0.3, -0.25) is 14.4 Å². The molecule has 0 radical (unpaired) electrons. The molecule has 0 bridgehead atoms. The molecule has 18 nitrogen and oxygen atoms in total. The Balaban J connectivity index is 1.23. The van der Waals surface area contributed by atoms with Gasteiger partial charge >= 0.3 is 11.9 Å². The van der Waals surface area contributed by atoms with Crippen molar-refractivity contribution in [1.82, 2.24) is 20.6 Å². The summed E-state index contributed by atoms with van der Waals surface area (Å²) in [6, 6.07) is 14.5. The van der Waals surface area contributed by atoms with E-state index in [2.05, 4.69) is 49.6 Å². The van der Waals surface area contributed by atoms with Gasteiger partial charge in [0.1, 0.15) is 24.6 Å². The van der Waals surface area contributed by atoms with Crippen LogP contribution < -0.4 is 20.1 Å². The number of carbonyl (C=O) groups excluding carboxylic acids is 3. The molecule has 0 saturated carbocycles. The van der Waals surface area contributed by atoms with Crippen LogP contribution in [0.2, 0.25) is 0 Å². The van der Waals surface area contributed by atoms with E-state index in [1.165, 1.54) is 30.1 Å². The van der Waals surface area contributed by atoms with Gasteiger partial charge in [0.15, 0.2) is 0 Å². The number of carbonyl (C=O) groups is 4. The highest BCUT2D eigenvalue weighted by Gasteiger charge is 2.17. The summed E-state index contributed by atoms with van der Waals surface area (Å²) in [5.41, 5.74) is 2.10. The van der Waals surface area contributed by atoms with Crippen LogP contribution >= 0.6 is 0 Å². The minimum absolute atomic E-state index is 0.0126. The molecule has 0 unspecified atom stereocenters. The van der Waals surface area contributed by atoms with Crippen molar-refractivity contribution in [3.05, 3.63) is 77.6 Å². The Hall–Kier alpha value is -5.21. The molecule has 0 saturated heterocycles.